The van der Waals surface area contributed by atoms with Gasteiger partial charge in [-0.2, -0.15) is 0 Å². The van der Waals surface area contributed by atoms with E-state index in [2.05, 4.69) is 20.6 Å². The Morgan fingerprint density at radius 2 is 1.92 bits per heavy atom. The minimum atomic E-state index is -0.769. The summed E-state index contributed by atoms with van der Waals surface area (Å²) in [5.74, 6) is -0.707. The van der Waals surface area contributed by atoms with Crippen molar-refractivity contribution in [2.75, 3.05) is 0 Å². The highest BCUT2D eigenvalue weighted by Crippen LogP contribution is 2.06. The number of hydrogen-bond acceptors (Lipinski definition) is 4. The number of aromatic amines is 1. The van der Waals surface area contributed by atoms with Crippen LogP contribution in [0.1, 0.15) is 42.1 Å². The van der Waals surface area contributed by atoms with E-state index in [0.717, 1.165) is 18.5 Å². The van der Waals surface area contributed by atoms with Gasteiger partial charge < -0.3 is 20.4 Å². The van der Waals surface area contributed by atoms with E-state index in [9.17, 15) is 14.4 Å². The highest BCUT2D eigenvalue weighted by atomic mass is 16.2. The normalized spacial score (nSPS) is 12.8. The summed E-state index contributed by atoms with van der Waals surface area (Å²) in [4.78, 5) is 42.1. The zero-order valence-corrected chi connectivity index (χ0v) is 15.0. The first-order valence-corrected chi connectivity index (χ1v) is 8.67. The van der Waals surface area contributed by atoms with E-state index in [1.54, 1.807) is 20.0 Å². The van der Waals surface area contributed by atoms with Crippen molar-refractivity contribution in [1.82, 2.24) is 20.6 Å². The topological polar surface area (TPSA) is 104 Å². The summed E-state index contributed by atoms with van der Waals surface area (Å²) in [6, 6.07) is 8.73. The van der Waals surface area contributed by atoms with Crippen LogP contribution >= 0.6 is 0 Å². The maximum Gasteiger partial charge on any atom is 0.287 e. The lowest BCUT2D eigenvalue weighted by Gasteiger charge is -2.16. The molecular weight excluding hydrogens is 332 g/mol. The molecule has 138 valence electrons. The van der Waals surface area contributed by atoms with Crippen LogP contribution in [0.5, 0.6) is 0 Å². The van der Waals surface area contributed by atoms with E-state index < -0.39 is 23.9 Å². The number of rotatable bonds is 9. The number of aromatic nitrogens is 2. The SMILES string of the molecule is CC[C@@H](C=O)NC(=O)[C@H](C)NC(=O)c1ncc(CCc2ccccc2)[nH]1. The second-order valence-corrected chi connectivity index (χ2v) is 6.10. The Morgan fingerprint density at radius 1 is 1.19 bits per heavy atom. The molecule has 0 fully saturated rings. The molecule has 2 aromatic rings. The highest BCUT2D eigenvalue weighted by Gasteiger charge is 2.20. The summed E-state index contributed by atoms with van der Waals surface area (Å²) >= 11 is 0. The molecular formula is C19H24N4O3. The van der Waals surface area contributed by atoms with Crippen LogP contribution in [0.15, 0.2) is 36.5 Å². The average molecular weight is 356 g/mol. The highest BCUT2D eigenvalue weighted by molar-refractivity contribution is 5.95. The number of aldehydes is 1. The van der Waals surface area contributed by atoms with Crippen molar-refractivity contribution in [3.05, 3.63) is 53.6 Å². The Morgan fingerprint density at radius 3 is 2.58 bits per heavy atom. The van der Waals surface area contributed by atoms with E-state index in [0.29, 0.717) is 12.7 Å². The molecule has 0 spiro atoms. The Labute approximate surface area is 152 Å². The van der Waals surface area contributed by atoms with Gasteiger partial charge in [-0.1, -0.05) is 37.3 Å². The van der Waals surface area contributed by atoms with Gasteiger partial charge in [0.2, 0.25) is 5.91 Å². The van der Waals surface area contributed by atoms with Crippen LogP contribution in [0.4, 0.5) is 0 Å². The van der Waals surface area contributed by atoms with Gasteiger partial charge >= 0.3 is 0 Å². The van der Waals surface area contributed by atoms with Crippen LogP contribution in [0.25, 0.3) is 0 Å². The first-order valence-electron chi connectivity index (χ1n) is 8.67. The monoisotopic (exact) mass is 356 g/mol. The summed E-state index contributed by atoms with van der Waals surface area (Å²) in [7, 11) is 0. The lowest BCUT2D eigenvalue weighted by molar-refractivity contribution is -0.125. The molecule has 2 atom stereocenters. The number of imidazole rings is 1. The number of H-pyrrole nitrogens is 1. The van der Waals surface area contributed by atoms with Crippen LogP contribution in [0, 0.1) is 0 Å². The van der Waals surface area contributed by atoms with Crippen molar-refractivity contribution in [3.63, 3.8) is 0 Å². The van der Waals surface area contributed by atoms with Crippen LogP contribution < -0.4 is 10.6 Å². The van der Waals surface area contributed by atoms with Gasteiger partial charge in [0.25, 0.3) is 5.91 Å². The minimum Gasteiger partial charge on any atom is -0.345 e. The maximum absolute atomic E-state index is 12.2. The third kappa shape index (κ3) is 5.54. The molecule has 7 heteroatoms. The molecule has 0 aliphatic rings. The van der Waals surface area contributed by atoms with Crippen LogP contribution in [0.2, 0.25) is 0 Å². The molecule has 0 saturated heterocycles. The Balaban J connectivity index is 1.86. The number of benzene rings is 1. The zero-order valence-electron chi connectivity index (χ0n) is 15.0. The Hall–Kier alpha value is -2.96. The molecule has 0 radical (unpaired) electrons. The lowest BCUT2D eigenvalue weighted by atomic mass is 10.1. The predicted octanol–water partition coefficient (Wildman–Crippen LogP) is 1.41. The first-order chi connectivity index (χ1) is 12.5. The van der Waals surface area contributed by atoms with Gasteiger partial charge in [-0.05, 0) is 31.7 Å². The van der Waals surface area contributed by atoms with E-state index in [1.165, 1.54) is 5.56 Å². The molecule has 3 N–H and O–H groups in total. The fourth-order valence-corrected chi connectivity index (χ4v) is 2.40. The number of carbonyl (C=O) groups excluding carboxylic acids is 3. The van der Waals surface area contributed by atoms with Crippen molar-refractivity contribution < 1.29 is 14.4 Å². The summed E-state index contributed by atoms with van der Waals surface area (Å²) in [5.41, 5.74) is 2.06. The quantitative estimate of drug-likeness (QED) is 0.591. The smallest absolute Gasteiger partial charge is 0.287 e. The van der Waals surface area contributed by atoms with E-state index in [-0.39, 0.29) is 5.82 Å². The van der Waals surface area contributed by atoms with Crippen LogP contribution in [0.3, 0.4) is 0 Å². The molecule has 1 aromatic heterocycles. The molecule has 2 rings (SSSR count). The van der Waals surface area contributed by atoms with Gasteiger partial charge in [0.1, 0.15) is 12.3 Å². The second kappa shape index (κ2) is 9.50. The van der Waals surface area contributed by atoms with E-state index in [1.807, 2.05) is 30.3 Å². The number of nitrogens with one attached hydrogen (secondary N) is 3. The molecule has 0 aliphatic heterocycles. The molecule has 7 nitrogen and oxygen atoms in total. The largest absolute Gasteiger partial charge is 0.345 e. The molecule has 0 aliphatic carbocycles. The number of amides is 2. The summed E-state index contributed by atoms with van der Waals surface area (Å²) in [6.45, 7) is 3.35. The minimum absolute atomic E-state index is 0.162. The third-order valence-electron chi connectivity index (χ3n) is 4.04. The average Bonchev–Trinajstić information content (AvgIpc) is 3.14. The number of hydrogen-bond donors (Lipinski definition) is 3. The maximum atomic E-state index is 12.2. The lowest BCUT2D eigenvalue weighted by Crippen LogP contribution is -2.48. The molecule has 1 aromatic carbocycles. The molecule has 0 unspecified atom stereocenters. The van der Waals surface area contributed by atoms with Gasteiger partial charge in [0.15, 0.2) is 5.82 Å². The Kier molecular flexibility index (Phi) is 7.08. The van der Waals surface area contributed by atoms with Crippen molar-refractivity contribution >= 4 is 18.1 Å². The van der Waals surface area contributed by atoms with Crippen molar-refractivity contribution in [3.8, 4) is 0 Å². The summed E-state index contributed by atoms with van der Waals surface area (Å²) in [6.07, 6.45) is 4.38. The number of carbonyl (C=O) groups is 3. The fourth-order valence-electron chi connectivity index (χ4n) is 2.40. The van der Waals surface area contributed by atoms with E-state index in [4.69, 9.17) is 0 Å². The molecule has 26 heavy (non-hydrogen) atoms. The van der Waals surface area contributed by atoms with Crippen LogP contribution in [-0.2, 0) is 22.4 Å². The third-order valence-corrected chi connectivity index (χ3v) is 4.04. The molecule has 0 saturated carbocycles. The van der Waals surface area contributed by atoms with Crippen molar-refractivity contribution in [1.29, 1.82) is 0 Å². The molecule has 0 bridgehead atoms. The van der Waals surface area contributed by atoms with E-state index >= 15 is 0 Å². The van der Waals surface area contributed by atoms with Crippen LogP contribution in [-0.4, -0.2) is 40.2 Å². The standard InChI is InChI=1S/C19H24N4O3/c1-3-15(12-24)23-18(25)13(2)21-19(26)17-20-11-16(22-17)10-9-14-7-5-4-6-8-14/h4-8,11-13,15H,3,9-10H2,1-2H3,(H,20,22)(H,21,26)(H,23,25)/t13-,15-/m0/s1. The van der Waals surface area contributed by atoms with Crippen molar-refractivity contribution in [2.45, 2.75) is 45.2 Å². The summed E-state index contributed by atoms with van der Waals surface area (Å²) in [5, 5.41) is 5.14. The first kappa shape index (κ1) is 19.4. The molecule has 2 amide bonds. The second-order valence-electron chi connectivity index (χ2n) is 6.10. The van der Waals surface area contributed by atoms with Gasteiger partial charge in [-0.25, -0.2) is 4.98 Å². The van der Waals surface area contributed by atoms with Gasteiger partial charge in [0.05, 0.1) is 6.04 Å². The predicted molar refractivity (Wildman–Crippen MR) is 97.7 cm³/mol. The molecule has 1 heterocycles. The van der Waals surface area contributed by atoms with Gasteiger partial charge in [-0.15, -0.1) is 0 Å². The van der Waals surface area contributed by atoms with Crippen molar-refractivity contribution in [2.24, 2.45) is 0 Å². The summed E-state index contributed by atoms with van der Waals surface area (Å²) < 4.78 is 0. The Bertz CT molecular complexity index is 742. The number of nitrogens with zero attached hydrogens (tertiary/aromatic N) is 1. The number of aryl methyl sites for hydroxylation is 2. The fraction of sp³-hybridized carbons (Fsp3) is 0.368. The van der Waals surface area contributed by atoms with Gasteiger partial charge in [0, 0.05) is 11.9 Å². The zero-order chi connectivity index (χ0) is 18.9. The van der Waals surface area contributed by atoms with Gasteiger partial charge in [-0.3, -0.25) is 9.59 Å².